The lowest BCUT2D eigenvalue weighted by Crippen LogP contribution is -1.94. The third-order valence-corrected chi connectivity index (χ3v) is 1.60. The van der Waals surface area contributed by atoms with E-state index in [-0.39, 0.29) is 9.32 Å². The van der Waals surface area contributed by atoms with E-state index in [0.717, 1.165) is 4.13 Å². The second-order valence-corrected chi connectivity index (χ2v) is 4.32. The monoisotopic (exact) mass is 358 g/mol. The summed E-state index contributed by atoms with van der Waals surface area (Å²) in [7, 11) is -11.0. The van der Waals surface area contributed by atoms with Crippen molar-refractivity contribution in [3.63, 3.8) is 0 Å². The van der Waals surface area contributed by atoms with Crippen LogP contribution in [0.3, 0.4) is 0 Å². The SMILES string of the molecule is FSI.O=S(=O)(F)[N-]S(=O)(=O)F. The minimum Gasteiger partial charge on any atom is -0.379 e. The highest BCUT2D eigenvalue weighted by Crippen LogP contribution is 2.11. The third kappa shape index (κ3) is 22.4. The van der Waals surface area contributed by atoms with Gasteiger partial charge in [0.2, 0.25) is 20.8 Å². The van der Waals surface area contributed by atoms with Gasteiger partial charge in [-0.3, -0.25) is 0 Å². The maximum atomic E-state index is 11.1. The highest BCUT2D eigenvalue weighted by molar-refractivity contribution is 14.2. The Bertz CT molecular complexity index is 264. The molecule has 0 aromatic heterocycles. The Balaban J connectivity index is 0. The number of hydrogen-bond acceptors (Lipinski definition) is 5. The van der Waals surface area contributed by atoms with E-state index in [2.05, 4.69) is 0 Å². The van der Waals surface area contributed by atoms with E-state index in [1.807, 2.05) is 0 Å². The van der Waals surface area contributed by atoms with Gasteiger partial charge in [-0.2, -0.15) is 3.89 Å². The average Bonchev–Trinajstić information content (AvgIpc) is 1.53. The Morgan fingerprint density at radius 2 is 1.25 bits per heavy atom. The Labute approximate surface area is 83.7 Å². The topological polar surface area (TPSA) is 82.4 Å². The van der Waals surface area contributed by atoms with Crippen molar-refractivity contribution in [3.05, 3.63) is 4.13 Å². The van der Waals surface area contributed by atoms with Gasteiger partial charge in [0, 0.05) is 21.2 Å². The zero-order valence-corrected chi connectivity index (χ0v) is 9.42. The first-order valence-corrected chi connectivity index (χ1v) is 7.59. The number of halogens is 4. The fourth-order valence-corrected chi connectivity index (χ4v) is 0.957. The molecule has 0 aliphatic rings. The first-order chi connectivity index (χ1) is 5.12. The van der Waals surface area contributed by atoms with Crippen molar-refractivity contribution in [3.8, 4) is 0 Å². The van der Waals surface area contributed by atoms with Gasteiger partial charge in [0.1, 0.15) is 9.32 Å². The molecule has 5 nitrogen and oxygen atoms in total. The molecule has 0 amide bonds. The molecule has 0 aromatic rings. The maximum Gasteiger partial charge on any atom is 0.241 e. The van der Waals surface area contributed by atoms with Crippen LogP contribution in [0, 0.1) is 0 Å². The van der Waals surface area contributed by atoms with E-state index < -0.39 is 20.8 Å². The van der Waals surface area contributed by atoms with Crippen LogP contribution in [-0.4, -0.2) is 16.8 Å². The predicted molar refractivity (Wildman–Crippen MR) is 46.1 cm³/mol. The van der Waals surface area contributed by atoms with Gasteiger partial charge in [0.15, 0.2) is 0 Å². The molecule has 0 aliphatic carbocycles. The third-order valence-electron chi connectivity index (χ3n) is 0.178. The molecule has 0 saturated carbocycles. The number of nitrogens with zero attached hydrogens (tertiary/aromatic N) is 1. The minimum atomic E-state index is -5.62. The van der Waals surface area contributed by atoms with Crippen LogP contribution < -0.4 is 0 Å². The van der Waals surface area contributed by atoms with Crippen LogP contribution in [0.4, 0.5) is 11.7 Å². The molecule has 0 bridgehead atoms. The Kier molecular flexibility index (Phi) is 7.89. The molecular weight excluding hydrogens is 358 g/mol. The van der Waals surface area contributed by atoms with Crippen molar-refractivity contribution >= 4 is 51.3 Å². The molecule has 0 spiro atoms. The lowest BCUT2D eigenvalue weighted by molar-refractivity contribution is 0.551. The van der Waals surface area contributed by atoms with Crippen LogP contribution in [0.5, 0.6) is 0 Å². The Morgan fingerprint density at radius 3 is 1.25 bits per heavy atom. The van der Waals surface area contributed by atoms with Crippen LogP contribution in [0.15, 0.2) is 0 Å². The normalized spacial score (nSPS) is 11.7. The molecule has 0 fully saturated rings. The van der Waals surface area contributed by atoms with E-state index in [4.69, 9.17) is 0 Å². The van der Waals surface area contributed by atoms with Crippen LogP contribution >= 0.6 is 30.5 Å². The summed E-state index contributed by atoms with van der Waals surface area (Å²) in [6.45, 7) is 0. The summed E-state index contributed by atoms with van der Waals surface area (Å²) in [5.41, 5.74) is 0. The Hall–Kier alpha value is 0.730. The smallest absolute Gasteiger partial charge is 0.241 e. The van der Waals surface area contributed by atoms with Crippen LogP contribution in [0.25, 0.3) is 4.13 Å². The van der Waals surface area contributed by atoms with Gasteiger partial charge < -0.3 is 4.13 Å². The van der Waals surface area contributed by atoms with Crippen LogP contribution in [0.2, 0.25) is 0 Å². The summed E-state index contributed by atoms with van der Waals surface area (Å²) < 4.78 is 70.3. The first kappa shape index (κ1) is 15.2. The van der Waals surface area contributed by atoms with Crippen molar-refractivity contribution in [2.75, 3.05) is 0 Å². The summed E-state index contributed by atoms with van der Waals surface area (Å²) in [5.74, 6) is 0. The molecular formula is F3INO4S3-. The standard InChI is InChI=1S/F2NO4S2.FIS/c1-8(4,5)3-9(2,6)7;1-3-2/q-1;. The van der Waals surface area contributed by atoms with Crippen molar-refractivity contribution < 1.29 is 28.5 Å². The van der Waals surface area contributed by atoms with E-state index in [1.165, 1.54) is 21.2 Å². The van der Waals surface area contributed by atoms with Gasteiger partial charge in [0.05, 0.1) is 0 Å². The largest absolute Gasteiger partial charge is 0.379 e. The highest BCUT2D eigenvalue weighted by Gasteiger charge is 2.01. The maximum absolute atomic E-state index is 11.1. The van der Waals surface area contributed by atoms with Gasteiger partial charge in [-0.1, -0.05) is 0 Å². The summed E-state index contributed by atoms with van der Waals surface area (Å²) >= 11 is 1.54. The molecule has 76 valence electrons. The van der Waals surface area contributed by atoms with Gasteiger partial charge >= 0.3 is 0 Å². The van der Waals surface area contributed by atoms with Gasteiger partial charge in [-0.25, -0.2) is 16.8 Å². The van der Waals surface area contributed by atoms with Gasteiger partial charge in [-0.05, 0) is 0 Å². The van der Waals surface area contributed by atoms with Crippen LogP contribution in [0.1, 0.15) is 0 Å². The zero-order chi connectivity index (χ0) is 10.4. The summed E-state index contributed by atoms with van der Waals surface area (Å²) in [5, 5.41) is 0. The molecule has 12 heavy (non-hydrogen) atoms. The van der Waals surface area contributed by atoms with Gasteiger partial charge in [-0.15, -0.1) is 7.77 Å². The number of rotatable bonds is 2. The quantitative estimate of drug-likeness (QED) is 0.555. The van der Waals surface area contributed by atoms with Crippen LogP contribution in [-0.2, 0) is 20.8 Å². The second kappa shape index (κ2) is 6.22. The molecule has 0 saturated heterocycles. The lowest BCUT2D eigenvalue weighted by Gasteiger charge is -2.03. The molecule has 0 aromatic carbocycles. The zero-order valence-electron chi connectivity index (χ0n) is 4.82. The Morgan fingerprint density at radius 1 is 1.08 bits per heavy atom. The molecule has 0 atom stereocenters. The lowest BCUT2D eigenvalue weighted by atomic mass is 13.9. The first-order valence-electron chi connectivity index (χ1n) is 1.65. The molecule has 0 N–H and O–H groups in total. The molecule has 0 aliphatic heterocycles. The van der Waals surface area contributed by atoms with Crippen molar-refractivity contribution in [2.24, 2.45) is 0 Å². The second-order valence-electron chi connectivity index (χ2n) is 0.957. The molecule has 0 rings (SSSR count). The van der Waals surface area contributed by atoms with Gasteiger partial charge in [0.25, 0.3) is 0 Å². The fraction of sp³-hybridized carbons (Fsp3) is 0. The summed E-state index contributed by atoms with van der Waals surface area (Å²) in [6.07, 6.45) is 0. The highest BCUT2D eigenvalue weighted by atomic mass is 127. The van der Waals surface area contributed by atoms with Crippen molar-refractivity contribution in [2.45, 2.75) is 0 Å². The molecule has 0 heterocycles. The summed E-state index contributed by atoms with van der Waals surface area (Å²) in [4.78, 5) is 0. The van der Waals surface area contributed by atoms with E-state index in [1.54, 1.807) is 0 Å². The number of hydrogen-bond donors (Lipinski definition) is 0. The fourth-order valence-electron chi connectivity index (χ4n) is 0.106. The molecule has 0 unspecified atom stereocenters. The molecule has 12 heteroatoms. The minimum absolute atomic E-state index is 0.220. The van der Waals surface area contributed by atoms with E-state index >= 15 is 0 Å². The van der Waals surface area contributed by atoms with E-state index in [9.17, 15) is 28.5 Å². The predicted octanol–water partition coefficient (Wildman–Crippen LogP) is 1.74. The molecule has 0 radical (unpaired) electrons. The van der Waals surface area contributed by atoms with Crippen molar-refractivity contribution in [1.82, 2.24) is 0 Å². The summed E-state index contributed by atoms with van der Waals surface area (Å²) in [6, 6.07) is 0. The van der Waals surface area contributed by atoms with E-state index in [0.29, 0.717) is 0 Å². The van der Waals surface area contributed by atoms with Crippen molar-refractivity contribution in [1.29, 1.82) is 0 Å². The average molecular weight is 358 g/mol.